The Hall–Kier alpha value is 3.42. The van der Waals surface area contributed by atoms with Crippen LogP contribution < -0.4 is 0 Å². The third-order valence-electron chi connectivity index (χ3n) is 0. The molecule has 0 bridgehead atoms. The van der Waals surface area contributed by atoms with Gasteiger partial charge in [0.15, 0.2) is 17.4 Å². The molecule has 0 aliphatic carbocycles. The molecule has 4 nitrogen and oxygen atoms in total. The fourth-order valence-electron chi connectivity index (χ4n) is 0. The smallest absolute Gasteiger partial charge is 0 e. The zero-order valence-electron chi connectivity index (χ0n) is 2.29. The van der Waals surface area contributed by atoms with Crippen molar-refractivity contribution in [3.8, 4) is 0 Å². The predicted molar refractivity (Wildman–Crippen MR) is 43.8 cm³/mol. The molecule has 0 atom stereocenters. The fourth-order valence-corrected chi connectivity index (χ4v) is 0. The van der Waals surface area contributed by atoms with Crippen LogP contribution in [0.2, 0.25) is 0 Å². The van der Waals surface area contributed by atoms with Crippen LogP contribution in [0.4, 0.5) is 0 Å². The number of rotatable bonds is 0. The second-order valence-corrected chi connectivity index (χ2v) is 1.80. The first-order chi connectivity index (χ1) is 2.00. The van der Waals surface area contributed by atoms with E-state index in [0.717, 1.165) is 0 Å². The molecule has 0 aliphatic rings. The summed E-state index contributed by atoms with van der Waals surface area (Å²) in [6.07, 6.45) is 0. The van der Waals surface area contributed by atoms with Crippen molar-refractivity contribution < 1.29 is 20.6 Å². The Morgan fingerprint density at radius 2 is 1.00 bits per heavy atom. The van der Waals surface area contributed by atoms with E-state index in [0.29, 0.717) is 0 Å². The Labute approximate surface area is 130 Å². The van der Waals surface area contributed by atoms with Crippen LogP contribution in [-0.4, -0.2) is 132 Å². The Balaban J connectivity index is -0.0000000133. The molecule has 0 radical (unpaired) electrons. The summed E-state index contributed by atoms with van der Waals surface area (Å²) in [7, 11) is -4.61. The Bertz CT molecular complexity index is 36.0. The normalized spacial score (nSPS) is 7.50. The van der Waals surface area contributed by atoms with Crippen molar-refractivity contribution in [2.45, 2.75) is 0 Å². The van der Waals surface area contributed by atoms with Gasteiger partial charge in [0.2, 0.25) is 0 Å². The van der Waals surface area contributed by atoms with Crippen molar-refractivity contribution in [3.63, 3.8) is 0 Å². The minimum Gasteiger partial charge on any atom is 0 e. The van der Waals surface area contributed by atoms with Gasteiger partial charge < -0.3 is 19.2 Å². The van der Waals surface area contributed by atoms with Crippen molar-refractivity contribution in [1.82, 2.24) is 0 Å². The van der Waals surface area contributed by atoms with Gasteiger partial charge in [-0.2, -0.15) is 0 Å². The molecule has 0 amide bonds. The van der Waals surface area contributed by atoms with E-state index >= 15 is 0 Å². The summed E-state index contributed by atoms with van der Waals surface area (Å²) in [5, 5.41) is 0. The van der Waals surface area contributed by atoms with Gasteiger partial charge >= 0.3 is 95.7 Å². The van der Waals surface area contributed by atoms with Gasteiger partial charge in [-0.1, -0.05) is 0 Å². The van der Waals surface area contributed by atoms with E-state index in [4.69, 9.17) is 19.2 Å². The minimum atomic E-state index is -4.61. The molecule has 4 N–H and O–H groups in total. The van der Waals surface area contributed by atoms with Crippen molar-refractivity contribution in [2.24, 2.45) is 0 Å². The van der Waals surface area contributed by atoms with Gasteiger partial charge in [-0.25, -0.2) is 0 Å². The van der Waals surface area contributed by atoms with E-state index in [1.165, 1.54) is 0 Å². The fraction of sp³-hybridized carbons (Fsp3) is 0. The summed E-state index contributed by atoms with van der Waals surface area (Å²) in [4.78, 5) is 29.3. The van der Waals surface area contributed by atoms with Crippen LogP contribution in [0.15, 0.2) is 0 Å². The zero-order valence-corrected chi connectivity index (χ0v) is 3.29. The van der Waals surface area contributed by atoms with Gasteiger partial charge in [0, 0.05) is 1.43 Å². The van der Waals surface area contributed by atoms with Crippen LogP contribution in [0.5, 0.6) is 0 Å². The van der Waals surface area contributed by atoms with Gasteiger partial charge in [0.1, 0.15) is 0 Å². The molecule has 0 unspecified atom stereocenters. The van der Waals surface area contributed by atoms with E-state index in [1.54, 1.807) is 0 Å². The monoisotopic (exact) mass is 310 g/mol. The average Bonchev–Trinajstić information content (AvgIpc) is 0.722. The molecule has 0 saturated heterocycles. The molecule has 0 rings (SSSR count). The molecule has 8 heteroatoms. The van der Waals surface area contributed by atoms with Gasteiger partial charge in [0.05, 0.1) is 0 Å². The first kappa shape index (κ1) is 22.5. The summed E-state index contributed by atoms with van der Waals surface area (Å²) < 4.78 is 0. The summed E-state index contributed by atoms with van der Waals surface area (Å²) in [5.74, 6) is 0. The van der Waals surface area contributed by atoms with Crippen molar-refractivity contribution >= 4 is 113 Å². The SMILES string of the molecule is O[Si](O)(O)O.[AlH3].[BaH2].[CaH2].[HH]. The molecule has 0 heterocycles. The summed E-state index contributed by atoms with van der Waals surface area (Å²) in [5.41, 5.74) is 0. The Morgan fingerprint density at radius 3 is 1.00 bits per heavy atom. The van der Waals surface area contributed by atoms with Crippen molar-refractivity contribution in [2.75, 3.05) is 0 Å². The molecule has 0 saturated carbocycles. The Kier molecular flexibility index (Phi) is 29.3. The zero-order chi connectivity index (χ0) is 4.50. The molecule has 0 aliphatic heterocycles. The molecule has 0 aromatic heterocycles. The number of hydrogen-bond acceptors (Lipinski definition) is 4. The topological polar surface area (TPSA) is 80.9 Å². The maximum absolute atomic E-state index is 7.33. The third kappa shape index (κ3) is 57.1. The first-order valence-electron chi connectivity index (χ1n) is 0.894. The Morgan fingerprint density at radius 1 is 1.00 bits per heavy atom. The van der Waals surface area contributed by atoms with Crippen LogP contribution in [0.3, 0.4) is 0 Å². The van der Waals surface area contributed by atoms with E-state index < -0.39 is 9.05 Å². The van der Waals surface area contributed by atoms with Crippen LogP contribution in [0.25, 0.3) is 0 Å². The van der Waals surface area contributed by atoms with Gasteiger partial charge in [-0.15, -0.1) is 0 Å². The van der Waals surface area contributed by atoms with Gasteiger partial charge in [-0.05, 0) is 0 Å². The minimum absolute atomic E-state index is 0. The molecule has 48 valence electrons. The first-order valence-corrected chi connectivity index (χ1v) is 2.68. The molecule has 0 aromatic carbocycles. The second-order valence-electron chi connectivity index (χ2n) is 0.600. The van der Waals surface area contributed by atoms with Gasteiger partial charge in [-0.3, -0.25) is 0 Å². The van der Waals surface area contributed by atoms with E-state index in [-0.39, 0.29) is 105 Å². The summed E-state index contributed by atoms with van der Waals surface area (Å²) in [6.45, 7) is 0. The van der Waals surface area contributed by atoms with E-state index in [1.807, 2.05) is 0 Å². The van der Waals surface area contributed by atoms with Crippen LogP contribution in [0.1, 0.15) is 1.43 Å². The standard InChI is InChI=1S/Al.Ba.Ca.H4O4Si.H2.7H/c;;;1-5(2,3)4;;;;;;;;/h;;;1-4H;1H;;;;;;;. The summed E-state index contributed by atoms with van der Waals surface area (Å²) >= 11 is 0. The molecule has 0 fully saturated rings. The quantitative estimate of drug-likeness (QED) is 0.337. The molecule has 8 heavy (non-hydrogen) atoms. The maximum atomic E-state index is 7.33. The van der Waals surface area contributed by atoms with Crippen molar-refractivity contribution in [3.05, 3.63) is 0 Å². The van der Waals surface area contributed by atoms with E-state index in [9.17, 15) is 0 Å². The second kappa shape index (κ2) is 10.4. The predicted octanol–water partition coefficient (Wildman–Crippen LogP) is -5.38. The van der Waals surface area contributed by atoms with Gasteiger partial charge in [0.25, 0.3) is 0 Å². The molecule has 0 spiro atoms. The van der Waals surface area contributed by atoms with Crippen molar-refractivity contribution in [1.29, 1.82) is 0 Å². The largest absolute Gasteiger partial charge is 0 e. The third-order valence-corrected chi connectivity index (χ3v) is 0. The van der Waals surface area contributed by atoms with Crippen LogP contribution >= 0.6 is 0 Å². The van der Waals surface area contributed by atoms with E-state index in [2.05, 4.69) is 0 Å². The van der Waals surface area contributed by atoms with Crippen LogP contribution in [-0.2, 0) is 0 Å². The molecular formula is H13AlBaCaO4Si. The maximum Gasteiger partial charge on any atom is 0 e. The average molecular weight is 310 g/mol. The summed E-state index contributed by atoms with van der Waals surface area (Å²) in [6, 6.07) is 0. The van der Waals surface area contributed by atoms with Crippen LogP contribution in [0, 0.1) is 0 Å². The molecular weight excluding hydrogens is 296 g/mol. The molecule has 0 aromatic rings. The number of hydrogen-bond donors (Lipinski definition) is 4.